The smallest absolute Gasteiger partial charge is 0.354 e. The topological polar surface area (TPSA) is 99.6 Å². The molecular formula is C13H15N3O4. The number of pyridine rings is 1. The van der Waals surface area contributed by atoms with Crippen LogP contribution in [0.3, 0.4) is 0 Å². The number of nitrogens with one attached hydrogen (secondary N) is 1. The quantitative estimate of drug-likeness (QED) is 0.818. The lowest BCUT2D eigenvalue weighted by molar-refractivity contribution is -0.127. The summed E-state index contributed by atoms with van der Waals surface area (Å²) in [7, 11) is 0. The highest BCUT2D eigenvalue weighted by molar-refractivity contribution is 5.97. The molecule has 1 aliphatic heterocycles. The number of hydrogen-bond donors (Lipinski definition) is 2. The Morgan fingerprint density at radius 2 is 2.15 bits per heavy atom. The Kier molecular flexibility index (Phi) is 3.97. The average Bonchev–Trinajstić information content (AvgIpc) is 2.46. The van der Waals surface area contributed by atoms with Crippen molar-refractivity contribution in [3.05, 3.63) is 29.6 Å². The molecule has 1 aromatic rings. The van der Waals surface area contributed by atoms with Crippen LogP contribution in [0.15, 0.2) is 18.2 Å². The van der Waals surface area contributed by atoms with E-state index < -0.39 is 17.9 Å². The van der Waals surface area contributed by atoms with Crippen molar-refractivity contribution in [2.75, 3.05) is 13.1 Å². The van der Waals surface area contributed by atoms with E-state index in [0.717, 1.165) is 0 Å². The molecule has 106 valence electrons. The fraction of sp³-hybridized carbons (Fsp3) is 0.385. The third-order valence-electron chi connectivity index (χ3n) is 3.17. The van der Waals surface area contributed by atoms with Crippen LogP contribution in [0.2, 0.25) is 0 Å². The summed E-state index contributed by atoms with van der Waals surface area (Å²) in [5.74, 6) is -1.81. The van der Waals surface area contributed by atoms with E-state index in [1.165, 1.54) is 23.1 Å². The fourth-order valence-electron chi connectivity index (χ4n) is 2.18. The molecule has 1 atom stereocenters. The second kappa shape index (κ2) is 5.68. The molecule has 2 heterocycles. The van der Waals surface area contributed by atoms with E-state index in [1.807, 2.05) is 6.92 Å². The largest absolute Gasteiger partial charge is 0.477 e. The number of carboxylic acids is 1. The SMILES string of the molecule is CCC1C(=O)NCCN1C(=O)c1cccc(C(=O)O)n1. The van der Waals surface area contributed by atoms with E-state index >= 15 is 0 Å². The first-order valence-corrected chi connectivity index (χ1v) is 6.33. The number of amides is 2. The molecule has 0 aliphatic carbocycles. The van der Waals surface area contributed by atoms with Crippen molar-refractivity contribution < 1.29 is 19.5 Å². The molecule has 0 spiro atoms. The van der Waals surface area contributed by atoms with Crippen LogP contribution in [0.4, 0.5) is 0 Å². The number of carbonyl (C=O) groups is 3. The summed E-state index contributed by atoms with van der Waals surface area (Å²) < 4.78 is 0. The molecule has 7 nitrogen and oxygen atoms in total. The molecule has 20 heavy (non-hydrogen) atoms. The van der Waals surface area contributed by atoms with Crippen LogP contribution in [0.1, 0.15) is 34.3 Å². The second-order valence-electron chi connectivity index (χ2n) is 4.43. The summed E-state index contributed by atoms with van der Waals surface area (Å²) in [4.78, 5) is 40.2. The Morgan fingerprint density at radius 1 is 1.45 bits per heavy atom. The van der Waals surface area contributed by atoms with Crippen molar-refractivity contribution in [1.82, 2.24) is 15.2 Å². The molecule has 2 amide bonds. The van der Waals surface area contributed by atoms with Crippen molar-refractivity contribution >= 4 is 17.8 Å². The van der Waals surface area contributed by atoms with Crippen molar-refractivity contribution in [3.8, 4) is 0 Å². The van der Waals surface area contributed by atoms with Gasteiger partial charge in [0, 0.05) is 13.1 Å². The number of aromatic carboxylic acids is 1. The zero-order valence-electron chi connectivity index (χ0n) is 11.0. The van der Waals surface area contributed by atoms with Gasteiger partial charge in [-0.2, -0.15) is 0 Å². The van der Waals surface area contributed by atoms with Crippen LogP contribution >= 0.6 is 0 Å². The second-order valence-corrected chi connectivity index (χ2v) is 4.43. The maximum absolute atomic E-state index is 12.4. The molecule has 2 N–H and O–H groups in total. The van der Waals surface area contributed by atoms with E-state index in [1.54, 1.807) is 0 Å². The Morgan fingerprint density at radius 3 is 2.80 bits per heavy atom. The van der Waals surface area contributed by atoms with Gasteiger partial charge in [0.2, 0.25) is 5.91 Å². The molecule has 0 aromatic carbocycles. The van der Waals surface area contributed by atoms with E-state index in [0.29, 0.717) is 19.5 Å². The minimum Gasteiger partial charge on any atom is -0.477 e. The van der Waals surface area contributed by atoms with Crippen LogP contribution in [0.5, 0.6) is 0 Å². The molecule has 1 unspecified atom stereocenters. The molecule has 1 aliphatic rings. The summed E-state index contributed by atoms with van der Waals surface area (Å²) in [5.41, 5.74) is -0.150. The maximum atomic E-state index is 12.4. The molecule has 1 saturated heterocycles. The third kappa shape index (κ3) is 2.61. The number of hydrogen-bond acceptors (Lipinski definition) is 4. The minimum absolute atomic E-state index is 0.0399. The molecule has 0 radical (unpaired) electrons. The average molecular weight is 277 g/mol. The van der Waals surface area contributed by atoms with Gasteiger partial charge in [0.05, 0.1) is 0 Å². The predicted octanol–water partition coefficient (Wildman–Crippen LogP) is 0.130. The number of rotatable bonds is 3. The van der Waals surface area contributed by atoms with Crippen LogP contribution < -0.4 is 5.32 Å². The van der Waals surface area contributed by atoms with Crippen molar-refractivity contribution in [1.29, 1.82) is 0 Å². The predicted molar refractivity (Wildman–Crippen MR) is 69.3 cm³/mol. The van der Waals surface area contributed by atoms with Crippen LogP contribution in [0.25, 0.3) is 0 Å². The van der Waals surface area contributed by atoms with Gasteiger partial charge >= 0.3 is 5.97 Å². The summed E-state index contributed by atoms with van der Waals surface area (Å²) >= 11 is 0. The highest BCUT2D eigenvalue weighted by atomic mass is 16.4. The monoisotopic (exact) mass is 277 g/mol. The fourth-order valence-corrected chi connectivity index (χ4v) is 2.18. The number of aromatic nitrogens is 1. The normalized spacial score (nSPS) is 18.6. The van der Waals surface area contributed by atoms with Crippen molar-refractivity contribution in [3.63, 3.8) is 0 Å². The zero-order chi connectivity index (χ0) is 14.7. The van der Waals surface area contributed by atoms with Gasteiger partial charge in [-0.1, -0.05) is 13.0 Å². The molecule has 1 aromatic heterocycles. The third-order valence-corrected chi connectivity index (χ3v) is 3.17. The van der Waals surface area contributed by atoms with E-state index in [4.69, 9.17) is 5.11 Å². The standard InChI is InChI=1S/C13H15N3O4/c1-2-10-11(17)14-6-7-16(10)12(18)8-4-3-5-9(15-8)13(19)20/h3-5,10H,2,6-7H2,1H3,(H,14,17)(H,19,20). The highest BCUT2D eigenvalue weighted by Crippen LogP contribution is 2.13. The van der Waals surface area contributed by atoms with Gasteiger partial charge in [-0.05, 0) is 18.6 Å². The van der Waals surface area contributed by atoms with Crippen LogP contribution in [-0.2, 0) is 4.79 Å². The van der Waals surface area contributed by atoms with Gasteiger partial charge in [-0.3, -0.25) is 9.59 Å². The first kappa shape index (κ1) is 14.0. The van der Waals surface area contributed by atoms with Crippen molar-refractivity contribution in [2.45, 2.75) is 19.4 Å². The summed E-state index contributed by atoms with van der Waals surface area (Å²) in [5, 5.41) is 11.6. The zero-order valence-corrected chi connectivity index (χ0v) is 11.0. The Hall–Kier alpha value is -2.44. The van der Waals surface area contributed by atoms with Gasteiger partial charge < -0.3 is 15.3 Å². The summed E-state index contributed by atoms with van der Waals surface area (Å²) in [6.07, 6.45) is 0.496. The van der Waals surface area contributed by atoms with E-state index in [9.17, 15) is 14.4 Å². The lowest BCUT2D eigenvalue weighted by atomic mass is 10.1. The number of carbonyl (C=O) groups excluding carboxylic acids is 2. The first-order chi connectivity index (χ1) is 9.54. The lowest BCUT2D eigenvalue weighted by Gasteiger charge is -2.34. The number of piperazine rings is 1. The van der Waals surface area contributed by atoms with Gasteiger partial charge in [0.1, 0.15) is 17.4 Å². The number of nitrogens with zero attached hydrogens (tertiary/aromatic N) is 2. The Balaban J connectivity index is 2.28. The first-order valence-electron chi connectivity index (χ1n) is 6.33. The maximum Gasteiger partial charge on any atom is 0.354 e. The van der Waals surface area contributed by atoms with Gasteiger partial charge in [-0.25, -0.2) is 9.78 Å². The molecule has 1 fully saturated rings. The van der Waals surface area contributed by atoms with Gasteiger partial charge in [0.25, 0.3) is 5.91 Å². The van der Waals surface area contributed by atoms with E-state index in [-0.39, 0.29) is 17.3 Å². The molecule has 2 rings (SSSR count). The lowest BCUT2D eigenvalue weighted by Crippen LogP contribution is -2.57. The molecule has 7 heteroatoms. The Labute approximate surface area is 115 Å². The van der Waals surface area contributed by atoms with Crippen LogP contribution in [0, 0.1) is 0 Å². The molecular weight excluding hydrogens is 262 g/mol. The minimum atomic E-state index is -1.19. The molecule has 0 bridgehead atoms. The van der Waals surface area contributed by atoms with E-state index in [2.05, 4.69) is 10.3 Å². The van der Waals surface area contributed by atoms with Gasteiger partial charge in [0.15, 0.2) is 0 Å². The summed E-state index contributed by atoms with van der Waals surface area (Å²) in [6, 6.07) is 3.70. The highest BCUT2D eigenvalue weighted by Gasteiger charge is 2.32. The van der Waals surface area contributed by atoms with Crippen molar-refractivity contribution in [2.24, 2.45) is 0 Å². The Bertz CT molecular complexity index is 558. The summed E-state index contributed by atoms with van der Waals surface area (Å²) in [6.45, 7) is 2.60. The molecule has 0 saturated carbocycles. The van der Waals surface area contributed by atoms with Gasteiger partial charge in [-0.15, -0.1) is 0 Å². The van der Waals surface area contributed by atoms with Crippen LogP contribution in [-0.4, -0.2) is 51.9 Å². The number of carboxylic acid groups (broad SMARTS) is 1.